The predicted octanol–water partition coefficient (Wildman–Crippen LogP) is 3.87. The number of aryl methyl sites for hydroxylation is 1. The molecule has 1 aliphatic rings. The zero-order valence-corrected chi connectivity index (χ0v) is 12.7. The molecule has 1 saturated carbocycles. The molecule has 1 fully saturated rings. The Balaban J connectivity index is 2.02. The molecule has 0 amide bonds. The van der Waals surface area contributed by atoms with E-state index in [9.17, 15) is 0 Å². The summed E-state index contributed by atoms with van der Waals surface area (Å²) in [6, 6.07) is 7.74. The second-order valence-corrected chi connectivity index (χ2v) is 5.75. The van der Waals surface area contributed by atoms with Crippen molar-refractivity contribution in [2.24, 2.45) is 0 Å². The Morgan fingerprint density at radius 2 is 1.84 bits per heavy atom. The molecule has 1 aromatic rings. The highest BCUT2D eigenvalue weighted by Crippen LogP contribution is 2.22. The highest BCUT2D eigenvalue weighted by Gasteiger charge is 2.20. The fourth-order valence-corrected chi connectivity index (χ4v) is 2.53. The molecule has 1 aliphatic carbocycles. The lowest BCUT2D eigenvalue weighted by atomic mass is 10.1. The van der Waals surface area contributed by atoms with E-state index < -0.39 is 0 Å². The van der Waals surface area contributed by atoms with E-state index in [0.717, 1.165) is 25.7 Å². The van der Waals surface area contributed by atoms with E-state index in [1.807, 2.05) is 0 Å². The summed E-state index contributed by atoms with van der Waals surface area (Å²) >= 11 is 0. The summed E-state index contributed by atoms with van der Waals surface area (Å²) < 4.78 is 0. The normalized spacial score (nSPS) is 14.7. The number of anilines is 1. The van der Waals surface area contributed by atoms with Crippen LogP contribution in [0.2, 0.25) is 0 Å². The third kappa shape index (κ3) is 4.24. The summed E-state index contributed by atoms with van der Waals surface area (Å²) in [6.45, 7) is 10.1. The molecule has 0 aliphatic heterocycles. The SMILES string of the molecule is CCCN(CCC)c1ccc(CNC2CC2)c(C)c1. The van der Waals surface area contributed by atoms with Crippen LogP contribution < -0.4 is 10.2 Å². The number of nitrogens with zero attached hydrogens (tertiary/aromatic N) is 1. The molecule has 0 atom stereocenters. The number of hydrogen-bond acceptors (Lipinski definition) is 2. The van der Waals surface area contributed by atoms with Crippen LogP contribution in [-0.4, -0.2) is 19.1 Å². The van der Waals surface area contributed by atoms with Gasteiger partial charge >= 0.3 is 0 Å². The van der Waals surface area contributed by atoms with E-state index in [1.165, 1.54) is 42.5 Å². The van der Waals surface area contributed by atoms with Gasteiger partial charge in [0.15, 0.2) is 0 Å². The molecule has 0 saturated heterocycles. The molecule has 0 bridgehead atoms. The van der Waals surface area contributed by atoms with Crippen LogP contribution in [0.25, 0.3) is 0 Å². The summed E-state index contributed by atoms with van der Waals surface area (Å²) in [5.74, 6) is 0. The van der Waals surface area contributed by atoms with Crippen molar-refractivity contribution < 1.29 is 0 Å². The van der Waals surface area contributed by atoms with E-state index in [1.54, 1.807) is 0 Å². The molecular formula is C17H28N2. The van der Waals surface area contributed by atoms with Gasteiger partial charge in [-0.1, -0.05) is 19.9 Å². The van der Waals surface area contributed by atoms with Gasteiger partial charge in [-0.05, 0) is 55.9 Å². The summed E-state index contributed by atoms with van der Waals surface area (Å²) in [5.41, 5.74) is 4.25. The molecule has 2 heteroatoms. The Bertz CT molecular complexity index is 390. The topological polar surface area (TPSA) is 15.3 Å². The van der Waals surface area contributed by atoms with Crippen molar-refractivity contribution in [1.29, 1.82) is 0 Å². The minimum absolute atomic E-state index is 0.788. The van der Waals surface area contributed by atoms with Gasteiger partial charge in [-0.25, -0.2) is 0 Å². The van der Waals surface area contributed by atoms with Crippen molar-refractivity contribution in [1.82, 2.24) is 5.32 Å². The van der Waals surface area contributed by atoms with Gasteiger partial charge in [0, 0.05) is 31.4 Å². The molecule has 0 spiro atoms. The van der Waals surface area contributed by atoms with Crippen molar-refractivity contribution in [3.05, 3.63) is 29.3 Å². The van der Waals surface area contributed by atoms with Gasteiger partial charge in [0.2, 0.25) is 0 Å². The van der Waals surface area contributed by atoms with E-state index in [2.05, 4.69) is 49.2 Å². The Kier molecular flexibility index (Phi) is 5.26. The second kappa shape index (κ2) is 6.95. The van der Waals surface area contributed by atoms with Gasteiger partial charge in [-0.15, -0.1) is 0 Å². The van der Waals surface area contributed by atoms with Gasteiger partial charge < -0.3 is 10.2 Å². The number of benzene rings is 1. The Hall–Kier alpha value is -1.02. The number of nitrogens with one attached hydrogen (secondary N) is 1. The number of hydrogen-bond donors (Lipinski definition) is 1. The summed E-state index contributed by atoms with van der Waals surface area (Å²) in [4.78, 5) is 2.51. The maximum Gasteiger partial charge on any atom is 0.0369 e. The van der Waals surface area contributed by atoms with Crippen molar-refractivity contribution in [3.63, 3.8) is 0 Å². The van der Waals surface area contributed by atoms with Crippen molar-refractivity contribution in [3.8, 4) is 0 Å². The fourth-order valence-electron chi connectivity index (χ4n) is 2.53. The fraction of sp³-hybridized carbons (Fsp3) is 0.647. The van der Waals surface area contributed by atoms with Crippen molar-refractivity contribution in [2.45, 2.75) is 59.0 Å². The minimum Gasteiger partial charge on any atom is -0.372 e. The average molecular weight is 260 g/mol. The first kappa shape index (κ1) is 14.4. The third-order valence-corrected chi connectivity index (χ3v) is 3.84. The van der Waals surface area contributed by atoms with E-state index in [4.69, 9.17) is 0 Å². The molecule has 19 heavy (non-hydrogen) atoms. The summed E-state index contributed by atoms with van der Waals surface area (Å²) in [5, 5.41) is 3.60. The molecular weight excluding hydrogens is 232 g/mol. The standard InChI is InChI=1S/C17H28N2/c1-4-10-19(11-5-2)17-9-6-15(14(3)12-17)13-18-16-7-8-16/h6,9,12,16,18H,4-5,7-8,10-11,13H2,1-3H3. The molecule has 106 valence electrons. The molecule has 2 nitrogen and oxygen atoms in total. The van der Waals surface area contributed by atoms with Crippen molar-refractivity contribution >= 4 is 5.69 Å². The second-order valence-electron chi connectivity index (χ2n) is 5.75. The first-order valence-corrected chi connectivity index (χ1v) is 7.82. The van der Waals surface area contributed by atoms with Gasteiger partial charge in [-0.3, -0.25) is 0 Å². The maximum atomic E-state index is 3.60. The molecule has 1 aromatic carbocycles. The molecule has 0 heterocycles. The number of rotatable bonds is 8. The van der Waals surface area contributed by atoms with Crippen molar-refractivity contribution in [2.75, 3.05) is 18.0 Å². The monoisotopic (exact) mass is 260 g/mol. The molecule has 0 aromatic heterocycles. The molecule has 1 N–H and O–H groups in total. The zero-order chi connectivity index (χ0) is 13.7. The minimum atomic E-state index is 0.788. The quantitative estimate of drug-likeness (QED) is 0.763. The van der Waals surface area contributed by atoms with Gasteiger partial charge in [0.05, 0.1) is 0 Å². The van der Waals surface area contributed by atoms with Crippen LogP contribution in [-0.2, 0) is 6.54 Å². The smallest absolute Gasteiger partial charge is 0.0369 e. The molecule has 2 rings (SSSR count). The Labute approximate surface area is 118 Å². The van der Waals surface area contributed by atoms with Crippen LogP contribution in [0, 0.1) is 6.92 Å². The average Bonchev–Trinajstić information content (AvgIpc) is 3.21. The van der Waals surface area contributed by atoms with Gasteiger partial charge in [-0.2, -0.15) is 0 Å². The van der Waals surface area contributed by atoms with E-state index >= 15 is 0 Å². The summed E-state index contributed by atoms with van der Waals surface area (Å²) in [6.07, 6.45) is 5.14. The lowest BCUT2D eigenvalue weighted by molar-refractivity contribution is 0.684. The highest BCUT2D eigenvalue weighted by molar-refractivity contribution is 5.50. The largest absolute Gasteiger partial charge is 0.372 e. The first-order valence-electron chi connectivity index (χ1n) is 7.82. The zero-order valence-electron chi connectivity index (χ0n) is 12.7. The van der Waals surface area contributed by atoms with E-state index in [-0.39, 0.29) is 0 Å². The Morgan fingerprint density at radius 3 is 2.37 bits per heavy atom. The first-order chi connectivity index (χ1) is 9.24. The third-order valence-electron chi connectivity index (χ3n) is 3.84. The van der Waals surface area contributed by atoms with E-state index in [0.29, 0.717) is 0 Å². The Morgan fingerprint density at radius 1 is 1.16 bits per heavy atom. The van der Waals surface area contributed by atoms with Crippen LogP contribution in [0.5, 0.6) is 0 Å². The van der Waals surface area contributed by atoms with Crippen LogP contribution >= 0.6 is 0 Å². The highest BCUT2D eigenvalue weighted by atomic mass is 15.1. The lowest BCUT2D eigenvalue weighted by Gasteiger charge is -2.24. The predicted molar refractivity (Wildman–Crippen MR) is 83.8 cm³/mol. The maximum absolute atomic E-state index is 3.60. The van der Waals surface area contributed by atoms with Crippen LogP contribution in [0.4, 0.5) is 5.69 Å². The summed E-state index contributed by atoms with van der Waals surface area (Å²) in [7, 11) is 0. The lowest BCUT2D eigenvalue weighted by Crippen LogP contribution is -2.25. The molecule has 0 radical (unpaired) electrons. The van der Waals surface area contributed by atoms with Gasteiger partial charge in [0.1, 0.15) is 0 Å². The van der Waals surface area contributed by atoms with Gasteiger partial charge in [0.25, 0.3) is 0 Å². The van der Waals surface area contributed by atoms with Crippen LogP contribution in [0.3, 0.4) is 0 Å². The van der Waals surface area contributed by atoms with Crippen LogP contribution in [0.1, 0.15) is 50.7 Å². The van der Waals surface area contributed by atoms with Crippen LogP contribution in [0.15, 0.2) is 18.2 Å². The molecule has 0 unspecified atom stereocenters.